The maximum absolute atomic E-state index is 7.34. The molecule has 0 bridgehead atoms. The van der Waals surface area contributed by atoms with E-state index in [1.165, 1.54) is 0 Å². The Hall–Kier alpha value is -1.06. The molecular formula is C8H6Cl2N2O. The Morgan fingerprint density at radius 1 is 1.08 bits per heavy atom. The first-order valence-corrected chi connectivity index (χ1v) is 3.71. The van der Waals surface area contributed by atoms with Gasteiger partial charge in [-0.05, 0) is 18.2 Å². The Balaban J connectivity index is 0.000000845. The molecule has 68 valence electrons. The molecule has 1 aromatic rings. The molecule has 0 aromatic heterocycles. The minimum absolute atomic E-state index is 0. The molecule has 2 N–H and O–H groups in total. The van der Waals surface area contributed by atoms with Crippen LogP contribution in [-0.4, -0.2) is 11.8 Å². The Morgan fingerprint density at radius 3 is 2.38 bits per heavy atom. The average molecular weight is 217 g/mol. The number of fused-ring (bicyclic) bond motifs is 1. The van der Waals surface area contributed by atoms with E-state index in [4.69, 9.17) is 27.2 Å². The van der Waals surface area contributed by atoms with Crippen LogP contribution in [-0.2, 0) is 4.74 Å². The van der Waals surface area contributed by atoms with Gasteiger partial charge >= 0.3 is 0 Å². The van der Waals surface area contributed by atoms with Gasteiger partial charge in [-0.1, -0.05) is 11.6 Å². The lowest BCUT2D eigenvalue weighted by atomic mass is 10.1. The third kappa shape index (κ3) is 1.53. The fraction of sp³-hybridized carbons (Fsp3) is 0. The molecule has 2 rings (SSSR count). The summed E-state index contributed by atoms with van der Waals surface area (Å²) in [5.41, 5.74) is 1.22. The van der Waals surface area contributed by atoms with Crippen molar-refractivity contribution in [2.45, 2.75) is 0 Å². The number of benzene rings is 1. The molecule has 0 spiro atoms. The average Bonchev–Trinajstić information content (AvgIpc) is 2.28. The zero-order chi connectivity index (χ0) is 8.72. The zero-order valence-corrected chi connectivity index (χ0v) is 8.00. The maximum Gasteiger partial charge on any atom is 0.222 e. The fourth-order valence-electron chi connectivity index (χ4n) is 1.11. The van der Waals surface area contributed by atoms with Crippen LogP contribution in [0.3, 0.4) is 0 Å². The SMILES string of the molecule is Cl.N=C1OC(=N)c2cc(Cl)ccc21. The Kier molecular flexibility index (Phi) is 2.59. The zero-order valence-electron chi connectivity index (χ0n) is 6.43. The highest BCUT2D eigenvalue weighted by Gasteiger charge is 2.23. The van der Waals surface area contributed by atoms with Crippen molar-refractivity contribution in [2.75, 3.05) is 0 Å². The maximum atomic E-state index is 7.34. The van der Waals surface area contributed by atoms with Crippen LogP contribution in [0.2, 0.25) is 5.02 Å². The minimum Gasteiger partial charge on any atom is -0.421 e. The first-order valence-electron chi connectivity index (χ1n) is 3.34. The highest BCUT2D eigenvalue weighted by molar-refractivity contribution is 6.31. The topological polar surface area (TPSA) is 56.9 Å². The first-order chi connectivity index (χ1) is 5.68. The van der Waals surface area contributed by atoms with Gasteiger partial charge in [0.15, 0.2) is 0 Å². The van der Waals surface area contributed by atoms with Gasteiger partial charge in [-0.2, -0.15) is 0 Å². The van der Waals surface area contributed by atoms with Gasteiger partial charge in [0, 0.05) is 10.6 Å². The van der Waals surface area contributed by atoms with E-state index in [1.807, 2.05) is 0 Å². The van der Waals surface area contributed by atoms with Gasteiger partial charge < -0.3 is 4.74 Å². The summed E-state index contributed by atoms with van der Waals surface area (Å²) < 4.78 is 4.79. The van der Waals surface area contributed by atoms with E-state index < -0.39 is 0 Å². The minimum atomic E-state index is -0.00231. The number of hydrogen-bond acceptors (Lipinski definition) is 3. The van der Waals surface area contributed by atoms with Crippen molar-refractivity contribution in [3.8, 4) is 0 Å². The Morgan fingerprint density at radius 2 is 1.69 bits per heavy atom. The summed E-state index contributed by atoms with van der Waals surface area (Å²) in [5.74, 6) is 0.0177. The predicted molar refractivity (Wildman–Crippen MR) is 53.4 cm³/mol. The first kappa shape index (κ1) is 10.0. The molecule has 5 heteroatoms. The van der Waals surface area contributed by atoms with Gasteiger partial charge in [0.1, 0.15) is 0 Å². The second-order valence-electron chi connectivity index (χ2n) is 2.45. The molecule has 0 amide bonds. The van der Waals surface area contributed by atoms with Gasteiger partial charge in [0.2, 0.25) is 11.8 Å². The van der Waals surface area contributed by atoms with Crippen molar-refractivity contribution in [3.63, 3.8) is 0 Å². The van der Waals surface area contributed by atoms with Crippen molar-refractivity contribution < 1.29 is 4.74 Å². The third-order valence-corrected chi connectivity index (χ3v) is 1.91. The van der Waals surface area contributed by atoms with Gasteiger partial charge in [0.25, 0.3) is 0 Å². The summed E-state index contributed by atoms with van der Waals surface area (Å²) in [4.78, 5) is 0. The molecule has 0 fully saturated rings. The van der Waals surface area contributed by atoms with Crippen LogP contribution in [0.4, 0.5) is 0 Å². The number of nitrogens with one attached hydrogen (secondary N) is 2. The smallest absolute Gasteiger partial charge is 0.222 e. The summed E-state index contributed by atoms with van der Waals surface area (Å²) >= 11 is 5.71. The molecule has 1 aliphatic heterocycles. The van der Waals surface area contributed by atoms with Crippen molar-refractivity contribution in [1.82, 2.24) is 0 Å². The van der Waals surface area contributed by atoms with Gasteiger partial charge in [-0.25, -0.2) is 0 Å². The lowest BCUT2D eigenvalue weighted by Crippen LogP contribution is -1.97. The predicted octanol–water partition coefficient (Wildman–Crippen LogP) is 2.44. The molecule has 3 nitrogen and oxygen atoms in total. The summed E-state index contributed by atoms with van der Waals surface area (Å²) in [7, 11) is 0. The highest BCUT2D eigenvalue weighted by Crippen LogP contribution is 2.22. The van der Waals surface area contributed by atoms with Crippen LogP contribution < -0.4 is 0 Å². The molecule has 0 aliphatic carbocycles. The number of rotatable bonds is 0. The van der Waals surface area contributed by atoms with E-state index in [0.717, 1.165) is 0 Å². The van der Waals surface area contributed by atoms with Crippen LogP contribution in [0.5, 0.6) is 0 Å². The quantitative estimate of drug-likeness (QED) is 0.688. The van der Waals surface area contributed by atoms with E-state index in [0.29, 0.717) is 16.1 Å². The largest absolute Gasteiger partial charge is 0.421 e. The van der Waals surface area contributed by atoms with Crippen LogP contribution in [0.25, 0.3) is 0 Å². The summed E-state index contributed by atoms with van der Waals surface area (Å²) in [5, 5.41) is 15.2. The second-order valence-corrected chi connectivity index (χ2v) is 2.89. The molecule has 1 heterocycles. The summed E-state index contributed by atoms with van der Waals surface area (Å²) in [6.07, 6.45) is 0. The molecule has 13 heavy (non-hydrogen) atoms. The van der Waals surface area contributed by atoms with E-state index in [2.05, 4.69) is 0 Å². The van der Waals surface area contributed by atoms with E-state index in [1.54, 1.807) is 18.2 Å². The molecule has 0 saturated carbocycles. The van der Waals surface area contributed by atoms with E-state index in [-0.39, 0.29) is 24.2 Å². The van der Waals surface area contributed by atoms with Crippen LogP contribution >= 0.6 is 24.0 Å². The lowest BCUT2D eigenvalue weighted by Gasteiger charge is -1.93. The van der Waals surface area contributed by atoms with Crippen molar-refractivity contribution in [1.29, 1.82) is 10.8 Å². The van der Waals surface area contributed by atoms with E-state index in [9.17, 15) is 0 Å². The second kappa shape index (κ2) is 3.36. The van der Waals surface area contributed by atoms with Crippen LogP contribution in [0.15, 0.2) is 18.2 Å². The molecule has 0 unspecified atom stereocenters. The van der Waals surface area contributed by atoms with Gasteiger partial charge in [-0.3, -0.25) is 10.8 Å². The van der Waals surface area contributed by atoms with Crippen LogP contribution in [0.1, 0.15) is 11.1 Å². The van der Waals surface area contributed by atoms with Crippen molar-refractivity contribution in [3.05, 3.63) is 34.3 Å². The number of ether oxygens (including phenoxy) is 1. The van der Waals surface area contributed by atoms with Crippen molar-refractivity contribution >= 4 is 35.8 Å². The normalized spacial score (nSPS) is 13.3. The van der Waals surface area contributed by atoms with E-state index >= 15 is 0 Å². The molecule has 0 radical (unpaired) electrons. The monoisotopic (exact) mass is 216 g/mol. The molecular weight excluding hydrogens is 211 g/mol. The summed E-state index contributed by atoms with van der Waals surface area (Å²) in [6, 6.07) is 4.99. The summed E-state index contributed by atoms with van der Waals surface area (Å²) in [6.45, 7) is 0. The Labute approximate surface area is 86.1 Å². The molecule has 1 aromatic carbocycles. The van der Waals surface area contributed by atoms with Gasteiger partial charge in [0.05, 0.1) is 5.56 Å². The molecule has 1 aliphatic rings. The lowest BCUT2D eigenvalue weighted by molar-refractivity contribution is 0.553. The van der Waals surface area contributed by atoms with Crippen molar-refractivity contribution in [2.24, 2.45) is 0 Å². The Bertz CT molecular complexity index is 390. The highest BCUT2D eigenvalue weighted by atomic mass is 35.5. The third-order valence-electron chi connectivity index (χ3n) is 1.67. The molecule has 0 saturated heterocycles. The standard InChI is InChI=1S/C8H5ClN2O.ClH/c9-4-1-2-5-6(3-4)8(11)12-7(5)10;/h1-3,10-11H;1H. The number of halogens is 2. The van der Waals surface area contributed by atoms with Crippen LogP contribution in [0, 0.1) is 10.8 Å². The van der Waals surface area contributed by atoms with Gasteiger partial charge in [-0.15, -0.1) is 12.4 Å². The molecule has 0 atom stereocenters. The number of hydrogen-bond donors (Lipinski definition) is 2. The fourth-order valence-corrected chi connectivity index (χ4v) is 1.29.